The highest BCUT2D eigenvalue weighted by molar-refractivity contribution is 7.71. The first-order valence-corrected chi connectivity index (χ1v) is 7.79. The number of unbranched alkanes of at least 4 members (excludes halogenated alkanes) is 1. The lowest BCUT2D eigenvalue weighted by Crippen LogP contribution is -2.28. The highest BCUT2D eigenvalue weighted by Crippen LogP contribution is 2.13. The Morgan fingerprint density at radius 1 is 1.43 bits per heavy atom. The van der Waals surface area contributed by atoms with Gasteiger partial charge in [0.15, 0.2) is 4.77 Å². The topological polar surface area (TPSA) is 53.2 Å². The van der Waals surface area contributed by atoms with Gasteiger partial charge >= 0.3 is 6.09 Å². The van der Waals surface area contributed by atoms with Crippen molar-refractivity contribution in [2.24, 2.45) is 13.0 Å². The fourth-order valence-electron chi connectivity index (χ4n) is 2.11. The molecule has 0 bridgehead atoms. The Bertz CT molecular complexity index is 604. The number of carbonyl (C=O) groups excluding carboxylic acids is 1. The van der Waals surface area contributed by atoms with Crippen molar-refractivity contribution in [3.63, 3.8) is 0 Å². The van der Waals surface area contributed by atoms with Crippen LogP contribution >= 0.6 is 12.2 Å². The van der Waals surface area contributed by atoms with E-state index in [2.05, 4.69) is 13.8 Å². The molecule has 0 spiro atoms. The third kappa shape index (κ3) is 4.52. The molecular weight excluding hydrogens is 288 g/mol. The van der Waals surface area contributed by atoms with Crippen molar-refractivity contribution in [3.8, 4) is 0 Å². The van der Waals surface area contributed by atoms with E-state index < -0.39 is 6.09 Å². The first-order valence-electron chi connectivity index (χ1n) is 7.39. The molecule has 1 heterocycles. The molecule has 1 aromatic rings. The molecule has 0 amide bonds. The van der Waals surface area contributed by atoms with Gasteiger partial charge in [0, 0.05) is 18.8 Å². The van der Waals surface area contributed by atoms with Crippen molar-refractivity contribution in [2.75, 3.05) is 6.61 Å². The van der Waals surface area contributed by atoms with E-state index in [0.717, 1.165) is 25.7 Å². The molecule has 21 heavy (non-hydrogen) atoms. The van der Waals surface area contributed by atoms with Crippen LogP contribution in [0.3, 0.4) is 0 Å². The molecule has 6 heteroatoms. The van der Waals surface area contributed by atoms with Gasteiger partial charge in [0.25, 0.3) is 5.56 Å². The highest BCUT2D eigenvalue weighted by atomic mass is 32.1. The molecule has 1 atom stereocenters. The van der Waals surface area contributed by atoms with Crippen LogP contribution in [0.5, 0.6) is 0 Å². The van der Waals surface area contributed by atoms with Gasteiger partial charge in [-0.25, -0.2) is 9.36 Å². The summed E-state index contributed by atoms with van der Waals surface area (Å²) in [7, 11) is 1.55. The molecule has 118 valence electrons. The van der Waals surface area contributed by atoms with E-state index in [9.17, 15) is 9.59 Å². The number of rotatable bonds is 6. The summed E-state index contributed by atoms with van der Waals surface area (Å²) in [6.45, 7) is 6.30. The largest absolute Gasteiger partial charge is 0.449 e. The zero-order chi connectivity index (χ0) is 16.0. The van der Waals surface area contributed by atoms with Gasteiger partial charge < -0.3 is 4.74 Å². The Balaban J connectivity index is 2.84. The fraction of sp³-hybridized carbons (Fsp3) is 0.667. The maximum atomic E-state index is 12.2. The van der Waals surface area contributed by atoms with Crippen LogP contribution in [0.4, 0.5) is 4.79 Å². The molecule has 0 N–H and O–H groups in total. The van der Waals surface area contributed by atoms with Crippen LogP contribution in [0.1, 0.15) is 45.2 Å². The average Bonchev–Trinajstić information content (AvgIpc) is 2.45. The first kappa shape index (κ1) is 17.6. The van der Waals surface area contributed by atoms with E-state index in [1.807, 2.05) is 0 Å². The van der Waals surface area contributed by atoms with Gasteiger partial charge in [0.05, 0.1) is 6.61 Å². The zero-order valence-corrected chi connectivity index (χ0v) is 14.0. The van der Waals surface area contributed by atoms with E-state index in [1.165, 1.54) is 15.2 Å². The molecule has 0 aromatic carbocycles. The monoisotopic (exact) mass is 312 g/mol. The van der Waals surface area contributed by atoms with Gasteiger partial charge in [-0.2, -0.15) is 0 Å². The number of carbonyl (C=O) groups is 1. The van der Waals surface area contributed by atoms with Gasteiger partial charge in [0.1, 0.15) is 0 Å². The van der Waals surface area contributed by atoms with Crippen LogP contribution in [0.2, 0.25) is 0 Å². The Kier molecular flexibility index (Phi) is 6.81. The molecular formula is C15H24N2O3S. The summed E-state index contributed by atoms with van der Waals surface area (Å²) in [6, 6.07) is 1.38. The third-order valence-electron chi connectivity index (χ3n) is 3.66. The SMILES string of the molecule is CCCCC(CC)COC(=O)n1c(C)cc(=O)n(C)c1=S. The standard InChI is InChI=1S/C15H24N2O3S/c1-5-7-8-12(6-2)10-20-15(19)17-11(3)9-13(18)16(4)14(17)21/h9,12H,5-8,10H2,1-4H3. The molecule has 0 radical (unpaired) electrons. The molecule has 0 saturated carbocycles. The second kappa shape index (κ2) is 8.12. The summed E-state index contributed by atoms with van der Waals surface area (Å²) < 4.78 is 8.06. The van der Waals surface area contributed by atoms with Gasteiger partial charge in [-0.3, -0.25) is 9.36 Å². The van der Waals surface area contributed by atoms with Crippen LogP contribution in [-0.4, -0.2) is 21.8 Å². The maximum Gasteiger partial charge on any atom is 0.420 e. The van der Waals surface area contributed by atoms with E-state index in [4.69, 9.17) is 17.0 Å². The van der Waals surface area contributed by atoms with Gasteiger partial charge in [-0.05, 0) is 31.5 Å². The quantitative estimate of drug-likeness (QED) is 0.755. The summed E-state index contributed by atoms with van der Waals surface area (Å²) in [5, 5.41) is 0. The molecule has 0 fully saturated rings. The molecule has 1 rings (SSSR count). The number of hydrogen-bond acceptors (Lipinski definition) is 4. The van der Waals surface area contributed by atoms with Crippen molar-refractivity contribution in [3.05, 3.63) is 26.9 Å². The van der Waals surface area contributed by atoms with Crippen molar-refractivity contribution < 1.29 is 9.53 Å². The third-order valence-corrected chi connectivity index (χ3v) is 4.12. The molecule has 1 unspecified atom stereocenters. The number of hydrogen-bond donors (Lipinski definition) is 0. The Labute approximate surface area is 130 Å². The summed E-state index contributed by atoms with van der Waals surface area (Å²) in [4.78, 5) is 23.8. The molecule has 1 aromatic heterocycles. The lowest BCUT2D eigenvalue weighted by atomic mass is 10.0. The van der Waals surface area contributed by atoms with Crippen LogP contribution in [0.15, 0.2) is 10.9 Å². The predicted octanol–water partition coefficient (Wildman–Crippen LogP) is 3.43. The van der Waals surface area contributed by atoms with E-state index >= 15 is 0 Å². The summed E-state index contributed by atoms with van der Waals surface area (Å²) in [5.41, 5.74) is 0.269. The number of aromatic nitrogens is 2. The first-order chi connectivity index (χ1) is 9.92. The second-order valence-electron chi connectivity index (χ2n) is 5.29. The van der Waals surface area contributed by atoms with Crippen LogP contribution in [0, 0.1) is 17.6 Å². The van der Waals surface area contributed by atoms with Crippen LogP contribution in [0.25, 0.3) is 0 Å². The van der Waals surface area contributed by atoms with Crippen molar-refractivity contribution in [1.82, 2.24) is 9.13 Å². The van der Waals surface area contributed by atoms with Gasteiger partial charge in [-0.1, -0.05) is 33.1 Å². The second-order valence-corrected chi connectivity index (χ2v) is 5.66. The Morgan fingerprint density at radius 2 is 2.10 bits per heavy atom. The number of nitrogens with zero attached hydrogens (tertiary/aromatic N) is 2. The van der Waals surface area contributed by atoms with Crippen LogP contribution in [-0.2, 0) is 11.8 Å². The molecule has 5 nitrogen and oxygen atoms in total. The molecule has 0 aliphatic rings. The predicted molar refractivity (Wildman–Crippen MR) is 85.3 cm³/mol. The Hall–Kier alpha value is -1.43. The van der Waals surface area contributed by atoms with Crippen molar-refractivity contribution in [2.45, 2.75) is 46.5 Å². The van der Waals surface area contributed by atoms with Crippen molar-refractivity contribution in [1.29, 1.82) is 0 Å². The molecule has 0 aliphatic heterocycles. The zero-order valence-electron chi connectivity index (χ0n) is 13.2. The molecule has 0 aliphatic carbocycles. The van der Waals surface area contributed by atoms with Gasteiger partial charge in [0.2, 0.25) is 0 Å². The van der Waals surface area contributed by atoms with Crippen molar-refractivity contribution >= 4 is 18.3 Å². The highest BCUT2D eigenvalue weighted by Gasteiger charge is 2.15. The molecule has 0 saturated heterocycles. The minimum Gasteiger partial charge on any atom is -0.449 e. The normalized spacial score (nSPS) is 12.2. The van der Waals surface area contributed by atoms with Gasteiger partial charge in [-0.15, -0.1) is 0 Å². The average molecular weight is 312 g/mol. The van der Waals surface area contributed by atoms with Crippen LogP contribution < -0.4 is 5.56 Å². The summed E-state index contributed by atoms with van der Waals surface area (Å²) in [6.07, 6.45) is 3.79. The lowest BCUT2D eigenvalue weighted by Gasteiger charge is -2.16. The summed E-state index contributed by atoms with van der Waals surface area (Å²) >= 11 is 5.15. The smallest absolute Gasteiger partial charge is 0.420 e. The van der Waals surface area contributed by atoms with E-state index in [-0.39, 0.29) is 10.3 Å². The lowest BCUT2D eigenvalue weighted by molar-refractivity contribution is 0.122. The van der Waals surface area contributed by atoms with E-state index in [0.29, 0.717) is 18.2 Å². The van der Waals surface area contributed by atoms with E-state index in [1.54, 1.807) is 14.0 Å². The maximum absolute atomic E-state index is 12.2. The minimum absolute atomic E-state index is 0.159. The fourth-order valence-corrected chi connectivity index (χ4v) is 2.42. The minimum atomic E-state index is -0.511. The summed E-state index contributed by atoms with van der Waals surface area (Å²) in [5.74, 6) is 0.371. The number of aryl methyl sites for hydroxylation is 1. The number of ether oxygens (including phenoxy) is 1. The Morgan fingerprint density at radius 3 is 2.67 bits per heavy atom.